The van der Waals surface area contributed by atoms with Crippen molar-refractivity contribution in [3.63, 3.8) is 0 Å². The molecule has 1 heterocycles. The first-order valence-electron chi connectivity index (χ1n) is 5.60. The van der Waals surface area contributed by atoms with Gasteiger partial charge in [0.15, 0.2) is 0 Å². The van der Waals surface area contributed by atoms with E-state index in [-0.39, 0.29) is 6.07 Å². The molecule has 0 aromatic heterocycles. The second-order valence-electron chi connectivity index (χ2n) is 4.47. The van der Waals surface area contributed by atoms with Crippen molar-refractivity contribution in [1.29, 1.82) is 0 Å². The molecular weight excluding hydrogens is 338 g/mol. The summed E-state index contributed by atoms with van der Waals surface area (Å²) in [6, 6.07) is 1.67. The van der Waals surface area contributed by atoms with Gasteiger partial charge < -0.3 is 4.90 Å². The van der Waals surface area contributed by atoms with Crippen LogP contribution in [0.2, 0.25) is 0 Å². The third-order valence-corrected chi connectivity index (χ3v) is 4.92. The fraction of sp³-hybridized carbons (Fsp3) is 0.364. The Morgan fingerprint density at radius 3 is 2.33 bits per heavy atom. The minimum Gasteiger partial charge on any atom is -0.308 e. The van der Waals surface area contributed by atoms with E-state index in [0.29, 0.717) is 6.07 Å². The number of alkyl halides is 3. The number of hydrogen-bond acceptors (Lipinski definition) is 3. The van der Waals surface area contributed by atoms with Crippen LogP contribution >= 0.6 is 10.7 Å². The average Bonchev–Trinajstić information content (AvgIpc) is 2.70. The van der Waals surface area contributed by atoms with Crippen molar-refractivity contribution >= 4 is 31.3 Å². The maximum absolute atomic E-state index is 13.8. The first-order chi connectivity index (χ1) is 9.50. The summed E-state index contributed by atoms with van der Waals surface area (Å²) in [5.41, 5.74) is -1.60. The van der Waals surface area contributed by atoms with Gasteiger partial charge in [-0.15, -0.1) is 0 Å². The fourth-order valence-electron chi connectivity index (χ4n) is 2.00. The molecule has 0 N–H and O–H groups in total. The van der Waals surface area contributed by atoms with E-state index in [0.717, 1.165) is 11.0 Å². The maximum atomic E-state index is 13.8. The molecule has 1 aromatic rings. The monoisotopic (exact) mass is 345 g/mol. The van der Waals surface area contributed by atoms with Gasteiger partial charge in [0.05, 0.1) is 11.3 Å². The molecule has 21 heavy (non-hydrogen) atoms. The minimum absolute atomic E-state index is 0.255. The molecule has 0 radical (unpaired) electrons. The third kappa shape index (κ3) is 3.29. The van der Waals surface area contributed by atoms with E-state index < -0.39 is 56.4 Å². The van der Waals surface area contributed by atoms with Crippen LogP contribution in [-0.2, 0) is 20.0 Å². The summed E-state index contributed by atoms with van der Waals surface area (Å²) in [5, 5.41) is -1.21. The summed E-state index contributed by atoms with van der Waals surface area (Å²) in [5.74, 6) is -1.98. The van der Waals surface area contributed by atoms with Crippen LogP contribution in [0, 0.1) is 5.82 Å². The molecule has 1 fully saturated rings. The van der Waals surface area contributed by atoms with Gasteiger partial charge in [-0.1, -0.05) is 0 Å². The number of rotatable bonds is 2. The van der Waals surface area contributed by atoms with E-state index in [1.165, 1.54) is 0 Å². The van der Waals surface area contributed by atoms with Gasteiger partial charge in [-0.25, -0.2) is 12.8 Å². The Bertz CT molecular complexity index is 689. The fourth-order valence-corrected chi connectivity index (χ4v) is 3.03. The summed E-state index contributed by atoms with van der Waals surface area (Å²) in [4.78, 5) is 12.5. The van der Waals surface area contributed by atoms with Crippen LogP contribution < -0.4 is 4.90 Å². The summed E-state index contributed by atoms with van der Waals surface area (Å²) < 4.78 is 73.4. The first-order valence-corrected chi connectivity index (χ1v) is 7.98. The molecule has 4 nitrogen and oxygen atoms in total. The minimum atomic E-state index is -4.71. The van der Waals surface area contributed by atoms with Crippen LogP contribution in [-0.4, -0.2) is 26.1 Å². The molecular formula is C11H8ClF4NO3S. The van der Waals surface area contributed by atoms with Crippen molar-refractivity contribution in [2.24, 2.45) is 0 Å². The van der Waals surface area contributed by atoms with Crippen molar-refractivity contribution in [2.75, 3.05) is 11.4 Å². The highest BCUT2D eigenvalue weighted by Gasteiger charge is 2.39. The van der Waals surface area contributed by atoms with Gasteiger partial charge in [-0.3, -0.25) is 4.79 Å². The van der Waals surface area contributed by atoms with Crippen molar-refractivity contribution in [1.82, 2.24) is 0 Å². The molecule has 1 unspecified atom stereocenters. The predicted molar refractivity (Wildman–Crippen MR) is 66.9 cm³/mol. The Morgan fingerprint density at radius 2 is 1.90 bits per heavy atom. The Labute approximate surface area is 121 Å². The van der Waals surface area contributed by atoms with Crippen LogP contribution in [0.4, 0.5) is 23.2 Å². The molecule has 1 aromatic carbocycles. The van der Waals surface area contributed by atoms with E-state index in [2.05, 4.69) is 0 Å². The SMILES string of the molecule is O=C1CC(S(=O)(=O)Cl)CN1c1ccc(C(F)(F)F)cc1F. The van der Waals surface area contributed by atoms with Crippen molar-refractivity contribution in [3.05, 3.63) is 29.6 Å². The molecule has 0 saturated carbocycles. The van der Waals surface area contributed by atoms with Gasteiger partial charge in [0.1, 0.15) is 11.1 Å². The second-order valence-corrected chi connectivity index (χ2v) is 7.38. The summed E-state index contributed by atoms with van der Waals surface area (Å²) >= 11 is 0. The lowest BCUT2D eigenvalue weighted by molar-refractivity contribution is -0.137. The molecule has 1 atom stereocenters. The predicted octanol–water partition coefficient (Wildman–Crippen LogP) is 2.52. The summed E-state index contributed by atoms with van der Waals surface area (Å²) in [7, 11) is 1.12. The lowest BCUT2D eigenvalue weighted by Gasteiger charge is -2.18. The van der Waals surface area contributed by atoms with Gasteiger partial charge in [0.2, 0.25) is 15.0 Å². The average molecular weight is 346 g/mol. The lowest BCUT2D eigenvalue weighted by atomic mass is 10.2. The highest BCUT2D eigenvalue weighted by atomic mass is 35.7. The highest BCUT2D eigenvalue weighted by molar-refractivity contribution is 8.14. The molecule has 0 bridgehead atoms. The number of amides is 1. The van der Waals surface area contributed by atoms with Crippen LogP contribution in [0.5, 0.6) is 0 Å². The van der Waals surface area contributed by atoms with E-state index in [1.807, 2.05) is 0 Å². The van der Waals surface area contributed by atoms with Crippen molar-refractivity contribution in [3.8, 4) is 0 Å². The van der Waals surface area contributed by atoms with Crippen molar-refractivity contribution in [2.45, 2.75) is 17.8 Å². The van der Waals surface area contributed by atoms with E-state index >= 15 is 0 Å². The number of hydrogen-bond donors (Lipinski definition) is 0. The third-order valence-electron chi connectivity index (χ3n) is 3.05. The number of nitrogens with zero attached hydrogens (tertiary/aromatic N) is 1. The Balaban J connectivity index is 2.34. The van der Waals surface area contributed by atoms with Crippen molar-refractivity contribution < 1.29 is 30.8 Å². The number of carbonyl (C=O) groups excluding carboxylic acids is 1. The lowest BCUT2D eigenvalue weighted by Crippen LogP contribution is -2.27. The molecule has 1 amide bonds. The number of carbonyl (C=O) groups is 1. The maximum Gasteiger partial charge on any atom is 0.416 e. The van der Waals surface area contributed by atoms with Gasteiger partial charge in [0, 0.05) is 23.6 Å². The quantitative estimate of drug-likeness (QED) is 0.611. The standard InChI is InChI=1S/C11H8ClF4NO3S/c12-21(19,20)7-4-10(18)17(5-7)9-2-1-6(3-8(9)13)11(14,15)16/h1-3,7H,4-5H2. The van der Waals surface area contributed by atoms with E-state index in [4.69, 9.17) is 10.7 Å². The first kappa shape index (κ1) is 16.0. The summed E-state index contributed by atoms with van der Waals surface area (Å²) in [6.45, 7) is -0.396. The van der Waals surface area contributed by atoms with Gasteiger partial charge >= 0.3 is 6.18 Å². The van der Waals surface area contributed by atoms with Crippen LogP contribution in [0.3, 0.4) is 0 Å². The highest BCUT2D eigenvalue weighted by Crippen LogP contribution is 2.34. The zero-order valence-corrected chi connectivity index (χ0v) is 11.8. The smallest absolute Gasteiger partial charge is 0.308 e. The molecule has 1 aliphatic rings. The molecule has 1 saturated heterocycles. The van der Waals surface area contributed by atoms with Crippen LogP contribution in [0.15, 0.2) is 18.2 Å². The van der Waals surface area contributed by atoms with E-state index in [1.54, 1.807) is 0 Å². The Kier molecular flexibility index (Phi) is 3.92. The largest absolute Gasteiger partial charge is 0.416 e. The number of anilines is 1. The Hall–Kier alpha value is -1.35. The normalized spacial score (nSPS) is 20.1. The summed E-state index contributed by atoms with van der Waals surface area (Å²) in [6.07, 6.45) is -5.15. The number of benzene rings is 1. The molecule has 116 valence electrons. The Morgan fingerprint density at radius 1 is 1.29 bits per heavy atom. The van der Waals surface area contributed by atoms with Crippen LogP contribution in [0.1, 0.15) is 12.0 Å². The second kappa shape index (κ2) is 5.13. The van der Waals surface area contributed by atoms with Gasteiger partial charge in [-0.05, 0) is 18.2 Å². The molecule has 0 spiro atoms. The topological polar surface area (TPSA) is 54.5 Å². The van der Waals surface area contributed by atoms with E-state index in [9.17, 15) is 30.8 Å². The molecule has 0 aliphatic carbocycles. The van der Waals surface area contributed by atoms with Crippen LogP contribution in [0.25, 0.3) is 0 Å². The molecule has 1 aliphatic heterocycles. The number of halogens is 5. The van der Waals surface area contributed by atoms with Gasteiger partial charge in [-0.2, -0.15) is 13.2 Å². The zero-order valence-electron chi connectivity index (χ0n) is 10.2. The zero-order chi connectivity index (χ0) is 16.0. The molecule has 2 rings (SSSR count). The van der Waals surface area contributed by atoms with Gasteiger partial charge in [0.25, 0.3) is 0 Å². The molecule has 10 heteroatoms.